The lowest BCUT2D eigenvalue weighted by atomic mass is 9.98. The fraction of sp³-hybridized carbons (Fsp3) is 0.200. The molecule has 0 heterocycles. The number of hydrogen-bond donors (Lipinski definition) is 1. The summed E-state index contributed by atoms with van der Waals surface area (Å²) in [5.74, 6) is 1.37. The first kappa shape index (κ1) is 15.2. The molecule has 0 saturated carbocycles. The van der Waals surface area contributed by atoms with E-state index in [-0.39, 0.29) is 6.04 Å². The van der Waals surface area contributed by atoms with E-state index in [1.54, 1.807) is 14.2 Å². The number of benzene rings is 2. The van der Waals surface area contributed by atoms with Gasteiger partial charge in [-0.05, 0) is 29.8 Å². The minimum atomic E-state index is -0.318. The quantitative estimate of drug-likeness (QED) is 0.894. The van der Waals surface area contributed by atoms with Gasteiger partial charge in [-0.1, -0.05) is 39.7 Å². The molecule has 3 nitrogen and oxygen atoms in total. The SMILES string of the molecule is COc1ccc(C(N)c2ccc(Br)cc2OC)cc1Cl. The minimum Gasteiger partial charge on any atom is -0.496 e. The van der Waals surface area contributed by atoms with E-state index in [1.807, 2.05) is 36.4 Å². The molecule has 0 aliphatic heterocycles. The first-order valence-electron chi connectivity index (χ1n) is 5.99. The number of rotatable bonds is 4. The molecular formula is C15H15BrClNO2. The molecule has 2 rings (SSSR count). The summed E-state index contributed by atoms with van der Waals surface area (Å²) in [6.45, 7) is 0. The Hall–Kier alpha value is -1.23. The zero-order valence-electron chi connectivity index (χ0n) is 11.2. The van der Waals surface area contributed by atoms with Crippen molar-refractivity contribution in [3.63, 3.8) is 0 Å². The van der Waals surface area contributed by atoms with Crippen molar-refractivity contribution in [3.8, 4) is 11.5 Å². The third-order valence-corrected chi connectivity index (χ3v) is 3.85. The molecule has 0 aliphatic carbocycles. The molecule has 0 saturated heterocycles. The zero-order valence-corrected chi connectivity index (χ0v) is 13.5. The second-order valence-corrected chi connectivity index (χ2v) is 5.58. The van der Waals surface area contributed by atoms with Crippen LogP contribution in [0.4, 0.5) is 0 Å². The highest BCUT2D eigenvalue weighted by atomic mass is 79.9. The van der Waals surface area contributed by atoms with Crippen LogP contribution >= 0.6 is 27.5 Å². The Bertz CT molecular complexity index is 619. The van der Waals surface area contributed by atoms with Crippen molar-refractivity contribution < 1.29 is 9.47 Å². The standard InChI is InChI=1S/C15H15BrClNO2/c1-19-13-6-3-9(7-12(13)17)15(18)11-5-4-10(16)8-14(11)20-2/h3-8,15H,18H2,1-2H3. The largest absolute Gasteiger partial charge is 0.496 e. The highest BCUT2D eigenvalue weighted by Gasteiger charge is 2.15. The van der Waals surface area contributed by atoms with E-state index in [4.69, 9.17) is 26.8 Å². The van der Waals surface area contributed by atoms with Gasteiger partial charge in [-0.25, -0.2) is 0 Å². The molecule has 0 fully saturated rings. The molecule has 2 aromatic carbocycles. The maximum absolute atomic E-state index is 6.31. The minimum absolute atomic E-state index is 0.318. The van der Waals surface area contributed by atoms with Crippen LogP contribution in [0.5, 0.6) is 11.5 Å². The van der Waals surface area contributed by atoms with Crippen LogP contribution in [0.3, 0.4) is 0 Å². The molecular weight excluding hydrogens is 342 g/mol. The van der Waals surface area contributed by atoms with Crippen molar-refractivity contribution in [2.45, 2.75) is 6.04 Å². The summed E-state index contributed by atoms with van der Waals surface area (Å²) >= 11 is 9.56. The van der Waals surface area contributed by atoms with Gasteiger partial charge in [0.15, 0.2) is 0 Å². The lowest BCUT2D eigenvalue weighted by Crippen LogP contribution is -2.13. The van der Waals surface area contributed by atoms with Crippen molar-refractivity contribution in [3.05, 3.63) is 57.0 Å². The highest BCUT2D eigenvalue weighted by Crippen LogP contribution is 2.33. The van der Waals surface area contributed by atoms with Gasteiger partial charge in [0.25, 0.3) is 0 Å². The van der Waals surface area contributed by atoms with Gasteiger partial charge in [-0.3, -0.25) is 0 Å². The molecule has 1 unspecified atom stereocenters. The number of hydrogen-bond acceptors (Lipinski definition) is 3. The molecule has 106 valence electrons. The van der Waals surface area contributed by atoms with Crippen LogP contribution in [0, 0.1) is 0 Å². The summed E-state index contributed by atoms with van der Waals surface area (Å²) in [6, 6.07) is 11.0. The number of halogens is 2. The Balaban J connectivity index is 2.40. The van der Waals surface area contributed by atoms with Crippen LogP contribution in [-0.4, -0.2) is 14.2 Å². The maximum atomic E-state index is 6.31. The Morgan fingerprint density at radius 2 is 1.75 bits per heavy atom. The van der Waals surface area contributed by atoms with Crippen molar-refractivity contribution in [2.24, 2.45) is 5.73 Å². The summed E-state index contributed by atoms with van der Waals surface area (Å²) < 4.78 is 11.5. The van der Waals surface area contributed by atoms with E-state index in [0.717, 1.165) is 21.3 Å². The molecule has 0 aliphatic rings. The van der Waals surface area contributed by atoms with Crippen molar-refractivity contribution in [2.75, 3.05) is 14.2 Å². The van der Waals surface area contributed by atoms with Gasteiger partial charge in [0, 0.05) is 10.0 Å². The van der Waals surface area contributed by atoms with E-state index < -0.39 is 0 Å². The van der Waals surface area contributed by atoms with Gasteiger partial charge in [-0.2, -0.15) is 0 Å². The van der Waals surface area contributed by atoms with Gasteiger partial charge < -0.3 is 15.2 Å². The van der Waals surface area contributed by atoms with Crippen LogP contribution in [0.15, 0.2) is 40.9 Å². The predicted octanol–water partition coefficient (Wildman–Crippen LogP) is 4.17. The van der Waals surface area contributed by atoms with Crippen LogP contribution < -0.4 is 15.2 Å². The van der Waals surface area contributed by atoms with E-state index in [2.05, 4.69) is 15.9 Å². The lowest BCUT2D eigenvalue weighted by Gasteiger charge is -2.17. The number of ether oxygens (including phenoxy) is 2. The van der Waals surface area contributed by atoms with Gasteiger partial charge >= 0.3 is 0 Å². The monoisotopic (exact) mass is 355 g/mol. The third kappa shape index (κ3) is 3.08. The van der Waals surface area contributed by atoms with Gasteiger partial charge in [0.1, 0.15) is 11.5 Å². The molecule has 0 aromatic heterocycles. The fourth-order valence-electron chi connectivity index (χ4n) is 2.00. The summed E-state index contributed by atoms with van der Waals surface area (Å²) in [5, 5.41) is 0.538. The van der Waals surface area contributed by atoms with E-state index in [0.29, 0.717) is 10.8 Å². The van der Waals surface area contributed by atoms with E-state index >= 15 is 0 Å². The maximum Gasteiger partial charge on any atom is 0.137 e. The second-order valence-electron chi connectivity index (χ2n) is 4.26. The summed E-state index contributed by atoms with van der Waals surface area (Å²) in [7, 11) is 3.21. The van der Waals surface area contributed by atoms with Crippen LogP contribution in [0.25, 0.3) is 0 Å². The topological polar surface area (TPSA) is 44.5 Å². The second kappa shape index (κ2) is 6.48. The van der Waals surface area contributed by atoms with Gasteiger partial charge in [0.2, 0.25) is 0 Å². The predicted molar refractivity (Wildman–Crippen MR) is 84.7 cm³/mol. The molecule has 0 bridgehead atoms. The van der Waals surface area contributed by atoms with Crippen molar-refractivity contribution in [1.82, 2.24) is 0 Å². The summed E-state index contributed by atoms with van der Waals surface area (Å²) in [6.07, 6.45) is 0. The molecule has 5 heteroatoms. The normalized spacial score (nSPS) is 12.1. The molecule has 0 radical (unpaired) electrons. The van der Waals surface area contributed by atoms with Crippen LogP contribution in [0.2, 0.25) is 5.02 Å². The van der Waals surface area contributed by atoms with E-state index in [1.165, 1.54) is 0 Å². The van der Waals surface area contributed by atoms with Gasteiger partial charge in [0.05, 0.1) is 25.3 Å². The fourth-order valence-corrected chi connectivity index (χ4v) is 2.60. The average molecular weight is 357 g/mol. The molecule has 0 spiro atoms. The van der Waals surface area contributed by atoms with Gasteiger partial charge in [-0.15, -0.1) is 0 Å². The first-order valence-corrected chi connectivity index (χ1v) is 7.16. The number of methoxy groups -OCH3 is 2. The summed E-state index contributed by atoms with van der Waals surface area (Å²) in [4.78, 5) is 0. The lowest BCUT2D eigenvalue weighted by molar-refractivity contribution is 0.407. The van der Waals surface area contributed by atoms with E-state index in [9.17, 15) is 0 Å². The Kier molecular flexibility index (Phi) is 4.91. The van der Waals surface area contributed by atoms with Crippen molar-refractivity contribution in [1.29, 1.82) is 0 Å². The number of nitrogens with two attached hydrogens (primary N) is 1. The average Bonchev–Trinajstić information content (AvgIpc) is 2.46. The van der Waals surface area contributed by atoms with Crippen LogP contribution in [0.1, 0.15) is 17.2 Å². The Morgan fingerprint density at radius 1 is 1.05 bits per heavy atom. The Morgan fingerprint density at radius 3 is 2.35 bits per heavy atom. The zero-order chi connectivity index (χ0) is 14.7. The summed E-state index contributed by atoms with van der Waals surface area (Å²) in [5.41, 5.74) is 8.11. The molecule has 1 atom stereocenters. The molecule has 0 amide bonds. The third-order valence-electron chi connectivity index (χ3n) is 3.07. The molecule has 20 heavy (non-hydrogen) atoms. The highest BCUT2D eigenvalue weighted by molar-refractivity contribution is 9.10. The first-order chi connectivity index (χ1) is 9.56. The molecule has 2 N–H and O–H groups in total. The smallest absolute Gasteiger partial charge is 0.137 e. The van der Waals surface area contributed by atoms with Crippen LogP contribution in [-0.2, 0) is 0 Å². The molecule has 2 aromatic rings. The van der Waals surface area contributed by atoms with Crippen molar-refractivity contribution >= 4 is 27.5 Å². The Labute approximate surface area is 131 Å².